The number of benzene rings is 2. The fourth-order valence-electron chi connectivity index (χ4n) is 3.04. The molecule has 154 valence electrons. The van der Waals surface area contributed by atoms with Gasteiger partial charge in [-0.15, -0.1) is 11.3 Å². The van der Waals surface area contributed by atoms with Crippen molar-refractivity contribution in [3.63, 3.8) is 0 Å². The zero-order valence-electron chi connectivity index (χ0n) is 16.4. The smallest absolute Gasteiger partial charge is 0.348 e. The maximum Gasteiger partial charge on any atom is 0.348 e. The van der Waals surface area contributed by atoms with Gasteiger partial charge in [-0.2, -0.15) is 0 Å². The minimum absolute atomic E-state index is 0.0761. The van der Waals surface area contributed by atoms with Gasteiger partial charge in [-0.25, -0.2) is 4.79 Å². The second-order valence-electron chi connectivity index (χ2n) is 6.56. The number of ether oxygens (including phenoxy) is 4. The summed E-state index contributed by atoms with van der Waals surface area (Å²) in [5, 5.41) is 0. The first-order valence-electron chi connectivity index (χ1n) is 9.51. The van der Waals surface area contributed by atoms with Crippen molar-refractivity contribution in [3.8, 4) is 27.7 Å². The minimum Gasteiger partial charge on any atom is -0.489 e. The number of carbonyl (C=O) groups is 2. The standard InChI is InChI=1S/C23H20O6S/c1-15(24)17-4-2-3-5-18(17)26-12-13-29-23(25)22-9-8-21(30-22)16-6-7-19-20(14-16)28-11-10-27-19/h2-9,14H,10-13H2,1H3. The summed E-state index contributed by atoms with van der Waals surface area (Å²) in [6.45, 7) is 2.81. The maximum absolute atomic E-state index is 12.3. The van der Waals surface area contributed by atoms with Crippen molar-refractivity contribution in [2.45, 2.75) is 6.92 Å². The van der Waals surface area contributed by atoms with Crippen molar-refractivity contribution >= 4 is 23.1 Å². The highest BCUT2D eigenvalue weighted by Crippen LogP contribution is 2.37. The lowest BCUT2D eigenvalue weighted by atomic mass is 10.1. The van der Waals surface area contributed by atoms with Crippen LogP contribution < -0.4 is 14.2 Å². The molecule has 0 spiro atoms. The molecule has 0 N–H and O–H groups in total. The summed E-state index contributed by atoms with van der Waals surface area (Å²) in [6, 6.07) is 16.3. The number of ketones is 1. The molecule has 3 aromatic rings. The van der Waals surface area contributed by atoms with Crippen molar-refractivity contribution in [3.05, 3.63) is 65.0 Å². The van der Waals surface area contributed by atoms with Crippen LogP contribution in [0.5, 0.6) is 17.2 Å². The van der Waals surface area contributed by atoms with E-state index in [0.717, 1.165) is 16.2 Å². The second-order valence-corrected chi connectivity index (χ2v) is 7.64. The Kier molecular flexibility index (Phi) is 5.99. The van der Waals surface area contributed by atoms with Crippen LogP contribution in [0.1, 0.15) is 27.0 Å². The minimum atomic E-state index is -0.410. The monoisotopic (exact) mass is 424 g/mol. The summed E-state index contributed by atoms with van der Waals surface area (Å²) >= 11 is 1.35. The SMILES string of the molecule is CC(=O)c1ccccc1OCCOC(=O)c1ccc(-c2ccc3c(c2)OCCO3)s1. The third-order valence-corrected chi connectivity index (χ3v) is 5.59. The number of hydrogen-bond acceptors (Lipinski definition) is 7. The van der Waals surface area contributed by atoms with Crippen LogP contribution in [0, 0.1) is 0 Å². The normalized spacial score (nSPS) is 12.3. The number of Topliss-reactive ketones (excluding diaryl/α,β-unsaturated/α-hetero) is 1. The molecule has 0 amide bonds. The lowest BCUT2D eigenvalue weighted by Crippen LogP contribution is -2.15. The third kappa shape index (κ3) is 4.46. The summed E-state index contributed by atoms with van der Waals surface area (Å²) in [5.74, 6) is 1.44. The van der Waals surface area contributed by atoms with E-state index in [4.69, 9.17) is 18.9 Å². The lowest BCUT2D eigenvalue weighted by Gasteiger charge is -2.18. The largest absolute Gasteiger partial charge is 0.489 e. The fourth-order valence-corrected chi connectivity index (χ4v) is 3.94. The number of esters is 1. The zero-order valence-corrected chi connectivity index (χ0v) is 17.2. The summed E-state index contributed by atoms with van der Waals surface area (Å²) < 4.78 is 22.1. The molecule has 2 aromatic carbocycles. The highest BCUT2D eigenvalue weighted by molar-refractivity contribution is 7.17. The molecule has 1 aromatic heterocycles. The molecule has 0 radical (unpaired) electrons. The topological polar surface area (TPSA) is 71.1 Å². The van der Waals surface area contributed by atoms with Gasteiger partial charge in [-0.05, 0) is 55.0 Å². The zero-order chi connectivity index (χ0) is 20.9. The lowest BCUT2D eigenvalue weighted by molar-refractivity contribution is 0.0455. The number of rotatable bonds is 7. The average molecular weight is 424 g/mol. The Bertz CT molecular complexity index is 1070. The van der Waals surface area contributed by atoms with Gasteiger partial charge in [0.1, 0.15) is 37.1 Å². The number of carbonyl (C=O) groups excluding carboxylic acids is 2. The van der Waals surface area contributed by atoms with Gasteiger partial charge in [-0.1, -0.05) is 12.1 Å². The first-order chi connectivity index (χ1) is 14.6. The summed E-state index contributed by atoms with van der Waals surface area (Å²) in [4.78, 5) is 25.4. The molecule has 2 heterocycles. The number of hydrogen-bond donors (Lipinski definition) is 0. The second kappa shape index (κ2) is 9.00. The van der Waals surface area contributed by atoms with Crippen LogP contribution in [-0.2, 0) is 4.74 Å². The molecule has 1 aliphatic rings. The molecule has 0 aliphatic carbocycles. The molecule has 0 saturated heterocycles. The fraction of sp³-hybridized carbons (Fsp3) is 0.217. The Morgan fingerprint density at radius 2 is 1.77 bits per heavy atom. The van der Waals surface area contributed by atoms with Crippen molar-refractivity contribution in [2.75, 3.05) is 26.4 Å². The highest BCUT2D eigenvalue weighted by atomic mass is 32.1. The molecule has 7 heteroatoms. The molecule has 0 atom stereocenters. The number of fused-ring (bicyclic) bond motifs is 1. The van der Waals surface area contributed by atoms with E-state index < -0.39 is 5.97 Å². The number of para-hydroxylation sites is 1. The van der Waals surface area contributed by atoms with Crippen molar-refractivity contribution in [1.29, 1.82) is 0 Å². The van der Waals surface area contributed by atoms with Crippen molar-refractivity contribution < 1.29 is 28.5 Å². The van der Waals surface area contributed by atoms with E-state index in [1.165, 1.54) is 18.3 Å². The van der Waals surface area contributed by atoms with Crippen LogP contribution in [0.25, 0.3) is 10.4 Å². The van der Waals surface area contributed by atoms with E-state index in [2.05, 4.69) is 0 Å². The Labute approximate surface area is 178 Å². The Balaban J connectivity index is 1.33. The van der Waals surface area contributed by atoms with E-state index in [-0.39, 0.29) is 19.0 Å². The van der Waals surface area contributed by atoms with Gasteiger partial charge in [0.2, 0.25) is 0 Å². The average Bonchev–Trinajstić information content (AvgIpc) is 3.27. The molecule has 4 rings (SSSR count). The molecular formula is C23H20O6S. The van der Waals surface area contributed by atoms with Gasteiger partial charge >= 0.3 is 5.97 Å². The molecule has 0 unspecified atom stereocenters. The van der Waals surface area contributed by atoms with Crippen LogP contribution in [0.15, 0.2) is 54.6 Å². The molecule has 0 bridgehead atoms. The summed E-state index contributed by atoms with van der Waals surface area (Å²) in [5.41, 5.74) is 1.46. The van der Waals surface area contributed by atoms with Gasteiger partial charge in [-0.3, -0.25) is 4.79 Å². The maximum atomic E-state index is 12.3. The highest BCUT2D eigenvalue weighted by Gasteiger charge is 2.16. The van der Waals surface area contributed by atoms with Crippen LogP contribution in [0.3, 0.4) is 0 Å². The van der Waals surface area contributed by atoms with E-state index in [9.17, 15) is 9.59 Å². The van der Waals surface area contributed by atoms with Gasteiger partial charge in [0, 0.05) is 4.88 Å². The van der Waals surface area contributed by atoms with E-state index in [1.54, 1.807) is 30.3 Å². The van der Waals surface area contributed by atoms with Crippen molar-refractivity contribution in [2.24, 2.45) is 0 Å². The summed E-state index contributed by atoms with van der Waals surface area (Å²) in [6.07, 6.45) is 0. The van der Waals surface area contributed by atoms with Gasteiger partial charge in [0.15, 0.2) is 17.3 Å². The van der Waals surface area contributed by atoms with Crippen LogP contribution in [-0.4, -0.2) is 38.2 Å². The Hall–Kier alpha value is -3.32. The van der Waals surface area contributed by atoms with Gasteiger partial charge in [0.25, 0.3) is 0 Å². The molecule has 0 saturated carbocycles. The molecular weight excluding hydrogens is 404 g/mol. The predicted octanol–water partition coefficient (Wildman–Crippen LogP) is 4.62. The molecule has 1 aliphatic heterocycles. The Morgan fingerprint density at radius 1 is 0.967 bits per heavy atom. The van der Waals surface area contributed by atoms with E-state index in [0.29, 0.717) is 35.2 Å². The summed E-state index contributed by atoms with van der Waals surface area (Å²) in [7, 11) is 0. The van der Waals surface area contributed by atoms with Crippen LogP contribution in [0.2, 0.25) is 0 Å². The third-order valence-electron chi connectivity index (χ3n) is 4.47. The van der Waals surface area contributed by atoms with Crippen LogP contribution >= 0.6 is 11.3 Å². The number of thiophene rings is 1. The molecule has 30 heavy (non-hydrogen) atoms. The van der Waals surface area contributed by atoms with Gasteiger partial charge in [0.05, 0.1) is 5.56 Å². The van der Waals surface area contributed by atoms with Crippen molar-refractivity contribution in [1.82, 2.24) is 0 Å². The van der Waals surface area contributed by atoms with Crippen LogP contribution in [0.4, 0.5) is 0 Å². The first kappa shape index (κ1) is 20.0. The Morgan fingerprint density at radius 3 is 2.60 bits per heavy atom. The van der Waals surface area contributed by atoms with Gasteiger partial charge < -0.3 is 18.9 Å². The molecule has 6 nitrogen and oxygen atoms in total. The quantitative estimate of drug-likeness (QED) is 0.313. The van der Waals surface area contributed by atoms with E-state index in [1.807, 2.05) is 24.3 Å². The molecule has 0 fully saturated rings. The first-order valence-corrected chi connectivity index (χ1v) is 10.3. The predicted molar refractivity (Wildman–Crippen MR) is 113 cm³/mol. The van der Waals surface area contributed by atoms with E-state index >= 15 is 0 Å².